The van der Waals surface area contributed by atoms with E-state index in [4.69, 9.17) is 4.74 Å². The summed E-state index contributed by atoms with van der Waals surface area (Å²) in [5, 5.41) is 3.25. The number of ether oxygens (including phenoxy) is 1. The fourth-order valence-electron chi connectivity index (χ4n) is 3.65. The van der Waals surface area contributed by atoms with Crippen molar-refractivity contribution in [1.29, 1.82) is 0 Å². The zero-order valence-corrected chi connectivity index (χ0v) is 17.4. The maximum absolute atomic E-state index is 12.9. The topological polar surface area (TPSA) is 87.7 Å². The smallest absolute Gasteiger partial charge is 0.254 e. The van der Waals surface area contributed by atoms with Gasteiger partial charge in [0.05, 0.1) is 7.11 Å². The number of piperazine rings is 1. The molecule has 0 unspecified atom stereocenters. The van der Waals surface area contributed by atoms with E-state index in [0.29, 0.717) is 12.1 Å². The molecule has 2 aliphatic rings. The second-order valence-electron chi connectivity index (χ2n) is 7.02. The zero-order valence-electron chi connectivity index (χ0n) is 15.7. The van der Waals surface area contributed by atoms with Crippen LogP contribution in [0.25, 0.3) is 0 Å². The minimum absolute atomic E-state index is 0. The van der Waals surface area contributed by atoms with E-state index in [9.17, 15) is 13.2 Å². The third-order valence-electron chi connectivity index (χ3n) is 5.14. The Kier molecular flexibility index (Phi) is 7.50. The first kappa shape index (κ1) is 21.9. The van der Waals surface area contributed by atoms with Crippen LogP contribution in [0.15, 0.2) is 23.1 Å². The number of sulfonamides is 1. The first-order valence-corrected chi connectivity index (χ1v) is 10.6. The van der Waals surface area contributed by atoms with Gasteiger partial charge in [-0.25, -0.2) is 13.1 Å². The van der Waals surface area contributed by atoms with Crippen molar-refractivity contribution in [2.24, 2.45) is 0 Å². The number of benzene rings is 1. The molecular formula is C18H28ClN3O4S. The summed E-state index contributed by atoms with van der Waals surface area (Å²) in [7, 11) is -2.31. The molecule has 7 nitrogen and oxygen atoms in total. The Labute approximate surface area is 167 Å². The Morgan fingerprint density at radius 1 is 1.30 bits per heavy atom. The third-order valence-corrected chi connectivity index (χ3v) is 6.68. The van der Waals surface area contributed by atoms with E-state index < -0.39 is 10.0 Å². The van der Waals surface area contributed by atoms with Gasteiger partial charge < -0.3 is 15.0 Å². The second kappa shape index (κ2) is 9.23. The minimum atomic E-state index is -3.74. The Morgan fingerprint density at radius 3 is 2.63 bits per heavy atom. The van der Waals surface area contributed by atoms with E-state index in [0.717, 1.165) is 38.8 Å². The molecule has 27 heavy (non-hydrogen) atoms. The number of hydrogen-bond donors (Lipinski definition) is 2. The van der Waals surface area contributed by atoms with Crippen LogP contribution < -0.4 is 14.8 Å². The molecule has 1 atom stereocenters. The molecule has 1 aliphatic carbocycles. The molecule has 152 valence electrons. The largest absolute Gasteiger partial charge is 0.495 e. The molecule has 1 heterocycles. The molecule has 1 saturated heterocycles. The van der Waals surface area contributed by atoms with Crippen LogP contribution in [0.4, 0.5) is 0 Å². The average molecular weight is 418 g/mol. The van der Waals surface area contributed by atoms with Crippen molar-refractivity contribution >= 4 is 28.3 Å². The molecule has 1 aromatic rings. The van der Waals surface area contributed by atoms with Crippen molar-refractivity contribution in [1.82, 2.24) is 14.9 Å². The van der Waals surface area contributed by atoms with E-state index in [1.54, 1.807) is 17.0 Å². The highest BCUT2D eigenvalue weighted by molar-refractivity contribution is 7.89. The quantitative estimate of drug-likeness (QED) is 0.762. The van der Waals surface area contributed by atoms with E-state index in [1.807, 2.05) is 6.92 Å². The van der Waals surface area contributed by atoms with Crippen molar-refractivity contribution in [3.8, 4) is 5.75 Å². The van der Waals surface area contributed by atoms with Crippen molar-refractivity contribution in [3.63, 3.8) is 0 Å². The molecule has 1 aromatic carbocycles. The van der Waals surface area contributed by atoms with Gasteiger partial charge in [-0.15, -0.1) is 12.4 Å². The Balaban J connectivity index is 0.00000261. The summed E-state index contributed by atoms with van der Waals surface area (Å²) < 4.78 is 33.7. The Hall–Kier alpha value is -1.35. The maximum atomic E-state index is 12.9. The van der Waals surface area contributed by atoms with Crippen LogP contribution in [0.3, 0.4) is 0 Å². The van der Waals surface area contributed by atoms with Crippen molar-refractivity contribution < 1.29 is 17.9 Å². The van der Waals surface area contributed by atoms with Gasteiger partial charge in [-0.05, 0) is 38.0 Å². The average Bonchev–Trinajstić information content (AvgIpc) is 3.13. The van der Waals surface area contributed by atoms with Gasteiger partial charge in [0, 0.05) is 37.3 Å². The SMILES string of the molecule is COc1ccc(C(=O)N2CCNC[C@@H]2C)cc1S(=O)(=O)NC1CCCC1.Cl. The summed E-state index contributed by atoms with van der Waals surface area (Å²) in [5.41, 5.74) is 0.367. The number of halogens is 1. The van der Waals surface area contributed by atoms with Crippen LogP contribution in [-0.4, -0.2) is 58.1 Å². The Morgan fingerprint density at radius 2 is 2.00 bits per heavy atom. The lowest BCUT2D eigenvalue weighted by atomic mass is 10.1. The molecule has 0 radical (unpaired) electrons. The van der Waals surface area contributed by atoms with Crippen molar-refractivity contribution in [2.45, 2.75) is 49.6 Å². The lowest BCUT2D eigenvalue weighted by molar-refractivity contribution is 0.0655. The molecule has 9 heteroatoms. The third kappa shape index (κ3) is 4.93. The fraction of sp³-hybridized carbons (Fsp3) is 0.611. The molecule has 1 amide bonds. The number of carbonyl (C=O) groups excluding carboxylic acids is 1. The van der Waals surface area contributed by atoms with Crippen LogP contribution >= 0.6 is 12.4 Å². The van der Waals surface area contributed by atoms with Crippen LogP contribution in [0, 0.1) is 0 Å². The Bertz CT molecular complexity index is 766. The van der Waals surface area contributed by atoms with Crippen molar-refractivity contribution in [2.75, 3.05) is 26.7 Å². The van der Waals surface area contributed by atoms with E-state index >= 15 is 0 Å². The zero-order chi connectivity index (χ0) is 18.7. The number of amides is 1. The molecule has 2 N–H and O–H groups in total. The van der Waals surface area contributed by atoms with Crippen LogP contribution in [0.5, 0.6) is 5.75 Å². The first-order valence-electron chi connectivity index (χ1n) is 9.14. The second-order valence-corrected chi connectivity index (χ2v) is 8.70. The van der Waals surface area contributed by atoms with Gasteiger partial charge in [-0.2, -0.15) is 0 Å². The molecule has 2 fully saturated rings. The molecule has 0 bridgehead atoms. The normalized spacial score (nSPS) is 21.0. The van der Waals surface area contributed by atoms with Gasteiger partial charge in [0.1, 0.15) is 10.6 Å². The van der Waals surface area contributed by atoms with Crippen molar-refractivity contribution in [3.05, 3.63) is 23.8 Å². The van der Waals surface area contributed by atoms with Crippen LogP contribution in [0.2, 0.25) is 0 Å². The molecule has 1 aliphatic heterocycles. The van der Waals surface area contributed by atoms with Crippen LogP contribution in [-0.2, 0) is 10.0 Å². The van der Waals surface area contributed by atoms with Gasteiger partial charge in [0.25, 0.3) is 5.91 Å². The standard InChI is InChI=1S/C18H27N3O4S.ClH/c1-13-12-19-9-10-21(13)18(22)14-7-8-16(25-2)17(11-14)26(23,24)20-15-5-3-4-6-15;/h7-8,11,13,15,19-20H,3-6,9-10,12H2,1-2H3;1H/t13-;/m0./s1. The highest BCUT2D eigenvalue weighted by Crippen LogP contribution is 2.28. The number of carbonyl (C=O) groups is 1. The van der Waals surface area contributed by atoms with E-state index in [2.05, 4.69) is 10.0 Å². The first-order chi connectivity index (χ1) is 12.4. The molecule has 0 aromatic heterocycles. The monoisotopic (exact) mass is 417 g/mol. The minimum Gasteiger partial charge on any atom is -0.495 e. The molecule has 1 saturated carbocycles. The number of methoxy groups -OCH3 is 1. The summed E-state index contributed by atoms with van der Waals surface area (Å²) in [6, 6.07) is 4.65. The fourth-order valence-corrected chi connectivity index (χ4v) is 5.15. The van der Waals surface area contributed by atoms with E-state index in [1.165, 1.54) is 13.2 Å². The van der Waals surface area contributed by atoms with Gasteiger partial charge in [0.2, 0.25) is 10.0 Å². The summed E-state index contributed by atoms with van der Waals surface area (Å²) in [5.74, 6) is 0.0966. The van der Waals surface area contributed by atoms with E-state index in [-0.39, 0.29) is 41.0 Å². The molecular weight excluding hydrogens is 390 g/mol. The number of nitrogens with one attached hydrogen (secondary N) is 2. The lowest BCUT2D eigenvalue weighted by Gasteiger charge is -2.34. The molecule has 3 rings (SSSR count). The highest BCUT2D eigenvalue weighted by atomic mass is 35.5. The van der Waals surface area contributed by atoms with Crippen LogP contribution in [0.1, 0.15) is 43.0 Å². The predicted molar refractivity (Wildman–Crippen MR) is 106 cm³/mol. The number of hydrogen-bond acceptors (Lipinski definition) is 5. The van der Waals surface area contributed by atoms with Gasteiger partial charge in [-0.1, -0.05) is 12.8 Å². The lowest BCUT2D eigenvalue weighted by Crippen LogP contribution is -2.52. The predicted octanol–water partition coefficient (Wildman–Crippen LogP) is 1.77. The molecule has 0 spiro atoms. The number of rotatable bonds is 5. The number of nitrogens with zero attached hydrogens (tertiary/aromatic N) is 1. The van der Waals surface area contributed by atoms with Gasteiger partial charge in [-0.3, -0.25) is 4.79 Å². The van der Waals surface area contributed by atoms with Gasteiger partial charge in [0.15, 0.2) is 0 Å². The summed E-state index contributed by atoms with van der Waals surface area (Å²) in [6.07, 6.45) is 3.75. The van der Waals surface area contributed by atoms with Gasteiger partial charge >= 0.3 is 0 Å². The summed E-state index contributed by atoms with van der Waals surface area (Å²) in [4.78, 5) is 14.7. The summed E-state index contributed by atoms with van der Waals surface area (Å²) >= 11 is 0. The summed E-state index contributed by atoms with van der Waals surface area (Å²) in [6.45, 7) is 4.05. The highest BCUT2D eigenvalue weighted by Gasteiger charge is 2.29. The maximum Gasteiger partial charge on any atom is 0.254 e.